The molecule has 0 spiro atoms. The van der Waals surface area contributed by atoms with E-state index >= 15 is 0 Å². The van der Waals surface area contributed by atoms with Crippen LogP contribution in [0.3, 0.4) is 0 Å². The normalized spacial score (nSPS) is 19.0. The molecule has 102 valence electrons. The summed E-state index contributed by atoms with van der Waals surface area (Å²) in [6.45, 7) is 2.40. The summed E-state index contributed by atoms with van der Waals surface area (Å²) in [6.07, 6.45) is 1.40. The summed E-state index contributed by atoms with van der Waals surface area (Å²) in [7, 11) is 0. The van der Waals surface area contributed by atoms with Crippen LogP contribution in [0, 0.1) is 6.92 Å². The number of pyridine rings is 1. The van der Waals surface area contributed by atoms with Crippen molar-refractivity contribution in [1.29, 1.82) is 0 Å². The zero-order valence-electron chi connectivity index (χ0n) is 10.6. The van der Waals surface area contributed by atoms with E-state index in [0.29, 0.717) is 30.2 Å². The van der Waals surface area contributed by atoms with E-state index in [9.17, 15) is 8.78 Å². The second-order valence-corrected chi connectivity index (χ2v) is 4.93. The molecule has 2 aromatic heterocycles. The molecule has 1 saturated heterocycles. The minimum Gasteiger partial charge on any atom is -0.397 e. The Kier molecular flexibility index (Phi) is 2.58. The van der Waals surface area contributed by atoms with Gasteiger partial charge in [0.15, 0.2) is 5.65 Å². The van der Waals surface area contributed by atoms with Crippen LogP contribution in [0.25, 0.3) is 5.65 Å². The maximum atomic E-state index is 13.2. The van der Waals surface area contributed by atoms with Crippen molar-refractivity contribution in [3.05, 3.63) is 18.1 Å². The molecule has 5 nitrogen and oxygen atoms in total. The molecule has 2 aromatic rings. The topological polar surface area (TPSA) is 59.5 Å². The third-order valence-corrected chi connectivity index (χ3v) is 3.38. The molecule has 0 unspecified atom stereocenters. The molecule has 0 atom stereocenters. The van der Waals surface area contributed by atoms with Crippen molar-refractivity contribution in [2.24, 2.45) is 0 Å². The molecule has 3 rings (SSSR count). The minimum absolute atomic E-state index is 0.138. The van der Waals surface area contributed by atoms with Crippen molar-refractivity contribution in [2.45, 2.75) is 25.7 Å². The number of halogens is 2. The fourth-order valence-electron chi connectivity index (χ4n) is 2.40. The first kappa shape index (κ1) is 12.1. The highest BCUT2D eigenvalue weighted by atomic mass is 19.3. The van der Waals surface area contributed by atoms with Gasteiger partial charge in [0.2, 0.25) is 0 Å². The monoisotopic (exact) mass is 267 g/mol. The van der Waals surface area contributed by atoms with Gasteiger partial charge in [-0.2, -0.15) is 5.10 Å². The number of alkyl halides is 2. The second-order valence-electron chi connectivity index (χ2n) is 4.93. The lowest BCUT2D eigenvalue weighted by atomic mass is 10.1. The molecule has 1 fully saturated rings. The van der Waals surface area contributed by atoms with Gasteiger partial charge in [0.25, 0.3) is 5.92 Å². The summed E-state index contributed by atoms with van der Waals surface area (Å²) in [5.74, 6) is -1.93. The van der Waals surface area contributed by atoms with Gasteiger partial charge >= 0.3 is 0 Å². The number of aryl methyl sites for hydroxylation is 1. The summed E-state index contributed by atoms with van der Waals surface area (Å²) < 4.78 is 28.0. The van der Waals surface area contributed by atoms with Crippen LogP contribution in [0.15, 0.2) is 12.3 Å². The van der Waals surface area contributed by atoms with E-state index in [1.807, 2.05) is 4.90 Å². The zero-order chi connectivity index (χ0) is 13.6. The summed E-state index contributed by atoms with van der Waals surface area (Å²) in [5.41, 5.74) is 7.81. The number of rotatable bonds is 1. The third kappa shape index (κ3) is 2.20. The van der Waals surface area contributed by atoms with E-state index in [2.05, 4.69) is 10.1 Å². The highest BCUT2D eigenvalue weighted by molar-refractivity contribution is 5.72. The van der Waals surface area contributed by atoms with Crippen LogP contribution < -0.4 is 10.6 Å². The predicted molar refractivity (Wildman–Crippen MR) is 68.5 cm³/mol. The first-order valence-electron chi connectivity index (χ1n) is 6.20. The molecule has 0 aliphatic carbocycles. The van der Waals surface area contributed by atoms with Gasteiger partial charge in [-0.1, -0.05) is 0 Å². The highest BCUT2D eigenvalue weighted by Crippen LogP contribution is 2.32. The van der Waals surface area contributed by atoms with Crippen molar-refractivity contribution in [3.63, 3.8) is 0 Å². The summed E-state index contributed by atoms with van der Waals surface area (Å²) in [6, 6.07) is 1.77. The van der Waals surface area contributed by atoms with Gasteiger partial charge in [0, 0.05) is 25.9 Å². The van der Waals surface area contributed by atoms with Crippen LogP contribution in [0.5, 0.6) is 0 Å². The van der Waals surface area contributed by atoms with Gasteiger partial charge in [-0.25, -0.2) is 18.3 Å². The van der Waals surface area contributed by atoms with Gasteiger partial charge < -0.3 is 10.6 Å². The standard InChI is InChI=1S/C12H15F2N5/c1-8-16-11-10(6-9(15)7-19(11)17-8)18-4-2-12(13,14)3-5-18/h6-7H,2-5,15H2,1H3. The molecule has 2 N–H and O–H groups in total. The average molecular weight is 267 g/mol. The predicted octanol–water partition coefficient (Wildman–Crippen LogP) is 1.86. The lowest BCUT2D eigenvalue weighted by Crippen LogP contribution is -2.39. The SMILES string of the molecule is Cc1nc2c(N3CCC(F)(F)CC3)cc(N)cn2n1. The molecule has 0 saturated carbocycles. The number of hydrogen-bond donors (Lipinski definition) is 1. The molecular weight excluding hydrogens is 252 g/mol. The minimum atomic E-state index is -2.56. The molecule has 0 bridgehead atoms. The smallest absolute Gasteiger partial charge is 0.251 e. The Labute approximate surface area is 109 Å². The first-order chi connectivity index (χ1) is 8.94. The van der Waals surface area contributed by atoms with Gasteiger partial charge in [0.1, 0.15) is 5.82 Å². The van der Waals surface area contributed by atoms with E-state index in [1.165, 1.54) is 0 Å². The van der Waals surface area contributed by atoms with Crippen molar-refractivity contribution in [3.8, 4) is 0 Å². The lowest BCUT2D eigenvalue weighted by molar-refractivity contribution is -0.0220. The number of anilines is 2. The van der Waals surface area contributed by atoms with Crippen LogP contribution in [0.4, 0.5) is 20.2 Å². The Balaban J connectivity index is 2.00. The van der Waals surface area contributed by atoms with Gasteiger partial charge in [-0.05, 0) is 13.0 Å². The fraction of sp³-hybridized carbons (Fsp3) is 0.500. The fourth-order valence-corrected chi connectivity index (χ4v) is 2.40. The van der Waals surface area contributed by atoms with E-state index in [-0.39, 0.29) is 12.8 Å². The summed E-state index contributed by atoms with van der Waals surface area (Å²) in [4.78, 5) is 6.23. The number of hydrogen-bond acceptors (Lipinski definition) is 4. The zero-order valence-corrected chi connectivity index (χ0v) is 10.6. The number of nitrogen functional groups attached to an aromatic ring is 1. The lowest BCUT2D eigenvalue weighted by Gasteiger charge is -2.33. The highest BCUT2D eigenvalue weighted by Gasteiger charge is 2.34. The Morgan fingerprint density at radius 2 is 2.00 bits per heavy atom. The van der Waals surface area contributed by atoms with Crippen LogP contribution >= 0.6 is 0 Å². The molecule has 19 heavy (non-hydrogen) atoms. The van der Waals surface area contributed by atoms with E-state index in [0.717, 1.165) is 5.69 Å². The molecule has 0 radical (unpaired) electrons. The summed E-state index contributed by atoms with van der Waals surface area (Å²) >= 11 is 0. The molecular formula is C12H15F2N5. The maximum Gasteiger partial charge on any atom is 0.251 e. The molecule has 0 amide bonds. The van der Waals surface area contributed by atoms with Gasteiger partial charge in [-0.15, -0.1) is 0 Å². The maximum absolute atomic E-state index is 13.2. The van der Waals surface area contributed by atoms with Crippen molar-refractivity contribution in [2.75, 3.05) is 23.7 Å². The number of aromatic nitrogens is 3. The molecule has 3 heterocycles. The van der Waals surface area contributed by atoms with E-state index in [4.69, 9.17) is 5.73 Å². The van der Waals surface area contributed by atoms with E-state index in [1.54, 1.807) is 23.7 Å². The molecule has 1 aliphatic rings. The average Bonchev–Trinajstić information content (AvgIpc) is 2.68. The van der Waals surface area contributed by atoms with Crippen LogP contribution in [0.2, 0.25) is 0 Å². The first-order valence-corrected chi connectivity index (χ1v) is 6.20. The largest absolute Gasteiger partial charge is 0.397 e. The van der Waals surface area contributed by atoms with Crippen molar-refractivity contribution in [1.82, 2.24) is 14.6 Å². The summed E-state index contributed by atoms with van der Waals surface area (Å²) in [5, 5.41) is 4.21. The Morgan fingerprint density at radius 3 is 2.68 bits per heavy atom. The number of nitrogens with zero attached hydrogens (tertiary/aromatic N) is 4. The third-order valence-electron chi connectivity index (χ3n) is 3.38. The van der Waals surface area contributed by atoms with Crippen molar-refractivity contribution >= 4 is 17.0 Å². The number of piperidine rings is 1. The van der Waals surface area contributed by atoms with Crippen LogP contribution in [-0.2, 0) is 0 Å². The Bertz CT molecular complexity index is 612. The van der Waals surface area contributed by atoms with E-state index < -0.39 is 5.92 Å². The molecule has 1 aliphatic heterocycles. The van der Waals surface area contributed by atoms with Crippen molar-refractivity contribution < 1.29 is 8.78 Å². The molecule has 7 heteroatoms. The van der Waals surface area contributed by atoms with Gasteiger partial charge in [0.05, 0.1) is 17.6 Å². The molecule has 0 aromatic carbocycles. The van der Waals surface area contributed by atoms with Crippen LogP contribution in [-0.4, -0.2) is 33.6 Å². The van der Waals surface area contributed by atoms with Gasteiger partial charge in [-0.3, -0.25) is 0 Å². The number of fused-ring (bicyclic) bond motifs is 1. The Hall–Kier alpha value is -1.92. The number of nitrogens with two attached hydrogens (primary N) is 1. The van der Waals surface area contributed by atoms with Crippen LogP contribution in [0.1, 0.15) is 18.7 Å². The quantitative estimate of drug-likeness (QED) is 0.856. The Morgan fingerprint density at radius 1 is 1.32 bits per heavy atom. The second kappa shape index (κ2) is 4.04.